The second-order valence-electron chi connectivity index (χ2n) is 8.97. The fraction of sp³-hybridized carbons (Fsp3) is 0.241. The van der Waals surface area contributed by atoms with Crippen LogP contribution in [0, 0.1) is 9.39 Å². The van der Waals surface area contributed by atoms with Gasteiger partial charge in [0.15, 0.2) is 0 Å². The number of rotatable bonds is 12. The van der Waals surface area contributed by atoms with Gasteiger partial charge in [-0.25, -0.2) is 13.8 Å². The van der Waals surface area contributed by atoms with Crippen molar-refractivity contribution in [2.75, 3.05) is 31.7 Å². The van der Waals surface area contributed by atoms with E-state index in [2.05, 4.69) is 10.3 Å². The zero-order chi connectivity index (χ0) is 28.6. The Morgan fingerprint density at radius 1 is 1.07 bits per heavy atom. The topological polar surface area (TPSA) is 126 Å². The molecule has 1 aromatic heterocycles. The van der Waals surface area contributed by atoms with E-state index in [1.807, 2.05) is 52.9 Å². The summed E-state index contributed by atoms with van der Waals surface area (Å²) in [4.78, 5) is 29.5. The first-order valence-electron chi connectivity index (χ1n) is 12.6. The first kappa shape index (κ1) is 29.3. The van der Waals surface area contributed by atoms with Gasteiger partial charge in [-0.1, -0.05) is 37.3 Å². The maximum Gasteiger partial charge on any atom is 0.329 e. The fourth-order valence-corrected chi connectivity index (χ4v) is 4.76. The molecule has 0 saturated heterocycles. The van der Waals surface area contributed by atoms with Gasteiger partial charge in [0.05, 0.1) is 25.5 Å². The number of hydrogen-bond acceptors (Lipinski definition) is 6. The number of aromatic nitrogens is 2. The summed E-state index contributed by atoms with van der Waals surface area (Å²) in [6.45, 7) is 2.53. The standard InChI is InChI=1S/C29H29FIN3O6/c1-18(19-5-3-2-4-6-19)26(27(36)32-24-12-9-21(31)17-23(24)30)34-28(37)25(33-29(34)38)20-7-10-22(11-8-20)40-16-15-39-14-13-35/h2-12,17-18,26,35,37H,13-16H2,1H3,(H,32,36)(H,33,38)/t18-,26-/m0/s1. The summed E-state index contributed by atoms with van der Waals surface area (Å²) in [5.41, 5.74) is 0.647. The Morgan fingerprint density at radius 2 is 1.80 bits per heavy atom. The van der Waals surface area contributed by atoms with Crippen LogP contribution in [0.3, 0.4) is 0 Å². The molecule has 1 heterocycles. The molecule has 4 aromatic rings. The maximum atomic E-state index is 14.6. The highest BCUT2D eigenvalue weighted by Crippen LogP contribution is 2.36. The summed E-state index contributed by atoms with van der Waals surface area (Å²) in [7, 11) is 0. The molecule has 0 radical (unpaired) electrons. The third-order valence-corrected chi connectivity index (χ3v) is 6.98. The third kappa shape index (κ3) is 6.90. The number of benzene rings is 3. The SMILES string of the molecule is C[C@@H](c1ccccc1)[C@@H](C(=O)Nc1ccc(I)cc1F)n1c(O)c(-c2ccc(OCCOCCO)cc2)[nH]c1=O. The third-order valence-electron chi connectivity index (χ3n) is 6.31. The van der Waals surface area contributed by atoms with Crippen molar-refractivity contribution >= 4 is 34.2 Å². The Morgan fingerprint density at radius 3 is 2.48 bits per heavy atom. The Labute approximate surface area is 243 Å². The van der Waals surface area contributed by atoms with E-state index in [0.29, 0.717) is 21.5 Å². The van der Waals surface area contributed by atoms with Crippen LogP contribution in [-0.2, 0) is 9.53 Å². The minimum absolute atomic E-state index is 0.0312. The highest BCUT2D eigenvalue weighted by molar-refractivity contribution is 14.1. The molecule has 0 bridgehead atoms. The van der Waals surface area contributed by atoms with Crippen molar-refractivity contribution in [1.82, 2.24) is 9.55 Å². The lowest BCUT2D eigenvalue weighted by Crippen LogP contribution is -2.35. The molecule has 3 aromatic carbocycles. The van der Waals surface area contributed by atoms with Crippen LogP contribution < -0.4 is 15.7 Å². The number of carbonyl (C=O) groups is 1. The van der Waals surface area contributed by atoms with Crippen LogP contribution in [0.25, 0.3) is 11.3 Å². The van der Waals surface area contributed by atoms with Gasteiger partial charge < -0.3 is 30.0 Å². The Balaban J connectivity index is 1.65. The predicted molar refractivity (Wildman–Crippen MR) is 157 cm³/mol. The molecule has 11 heteroatoms. The van der Waals surface area contributed by atoms with Crippen molar-refractivity contribution in [2.24, 2.45) is 0 Å². The van der Waals surface area contributed by atoms with E-state index >= 15 is 0 Å². The maximum absolute atomic E-state index is 14.6. The molecule has 1 amide bonds. The number of imidazole rings is 1. The van der Waals surface area contributed by atoms with Gasteiger partial charge in [0.25, 0.3) is 0 Å². The van der Waals surface area contributed by atoms with Crippen molar-refractivity contribution in [3.05, 3.63) is 98.2 Å². The minimum Gasteiger partial charge on any atom is -0.493 e. The van der Waals surface area contributed by atoms with Gasteiger partial charge in [-0.3, -0.25) is 4.79 Å². The number of aromatic hydroxyl groups is 1. The summed E-state index contributed by atoms with van der Waals surface area (Å²) in [6.07, 6.45) is 0. The van der Waals surface area contributed by atoms with Crippen LogP contribution in [0.2, 0.25) is 0 Å². The van der Waals surface area contributed by atoms with E-state index < -0.39 is 35.3 Å². The Kier molecular flexibility index (Phi) is 9.96. The average molecular weight is 661 g/mol. The summed E-state index contributed by atoms with van der Waals surface area (Å²) in [6, 6.07) is 19.0. The minimum atomic E-state index is -1.21. The summed E-state index contributed by atoms with van der Waals surface area (Å²) in [5.74, 6) is -1.72. The van der Waals surface area contributed by atoms with E-state index in [4.69, 9.17) is 14.6 Å². The molecule has 2 atom stereocenters. The molecular weight excluding hydrogens is 632 g/mol. The predicted octanol–water partition coefficient (Wildman–Crippen LogP) is 4.66. The van der Waals surface area contributed by atoms with Crippen molar-refractivity contribution in [2.45, 2.75) is 18.9 Å². The monoisotopic (exact) mass is 661 g/mol. The fourth-order valence-electron chi connectivity index (χ4n) is 4.31. The molecule has 0 saturated carbocycles. The molecule has 210 valence electrons. The van der Waals surface area contributed by atoms with Crippen LogP contribution in [-0.4, -0.2) is 52.1 Å². The molecule has 0 aliphatic heterocycles. The molecule has 0 fully saturated rings. The number of aromatic amines is 1. The van der Waals surface area contributed by atoms with Crippen LogP contribution in [0.5, 0.6) is 11.6 Å². The second-order valence-corrected chi connectivity index (χ2v) is 10.2. The molecule has 0 aliphatic rings. The number of carbonyl (C=O) groups excluding carboxylic acids is 1. The highest BCUT2D eigenvalue weighted by Gasteiger charge is 2.33. The van der Waals surface area contributed by atoms with Gasteiger partial charge in [0.2, 0.25) is 11.8 Å². The van der Waals surface area contributed by atoms with Crippen LogP contribution in [0.1, 0.15) is 24.4 Å². The number of ether oxygens (including phenoxy) is 2. The molecular formula is C29H29FIN3O6. The van der Waals surface area contributed by atoms with Gasteiger partial charge in [-0.2, -0.15) is 0 Å². The normalized spacial score (nSPS) is 12.6. The largest absolute Gasteiger partial charge is 0.493 e. The van der Waals surface area contributed by atoms with E-state index in [-0.39, 0.29) is 31.2 Å². The van der Waals surface area contributed by atoms with Crippen molar-refractivity contribution in [1.29, 1.82) is 0 Å². The summed E-state index contributed by atoms with van der Waals surface area (Å²) < 4.78 is 27.0. The highest BCUT2D eigenvalue weighted by atomic mass is 127. The van der Waals surface area contributed by atoms with Crippen LogP contribution in [0.4, 0.5) is 10.1 Å². The summed E-state index contributed by atoms with van der Waals surface area (Å²) in [5, 5.41) is 22.6. The number of amides is 1. The van der Waals surface area contributed by atoms with Gasteiger partial charge in [0, 0.05) is 15.1 Å². The number of H-pyrrole nitrogens is 1. The van der Waals surface area contributed by atoms with Gasteiger partial charge in [0.1, 0.15) is 29.9 Å². The molecule has 4 N–H and O–H groups in total. The molecule has 0 aliphatic carbocycles. The number of aliphatic hydroxyl groups is 1. The van der Waals surface area contributed by atoms with Crippen LogP contribution >= 0.6 is 22.6 Å². The lowest BCUT2D eigenvalue weighted by molar-refractivity contribution is -0.120. The zero-order valence-electron chi connectivity index (χ0n) is 21.6. The number of anilines is 1. The molecule has 4 rings (SSSR count). The first-order chi connectivity index (χ1) is 19.3. The number of halogens is 2. The molecule has 9 nitrogen and oxygen atoms in total. The van der Waals surface area contributed by atoms with Crippen molar-refractivity contribution in [3.63, 3.8) is 0 Å². The lowest BCUT2D eigenvalue weighted by Gasteiger charge is -2.25. The van der Waals surface area contributed by atoms with Gasteiger partial charge in [-0.15, -0.1) is 0 Å². The van der Waals surface area contributed by atoms with Gasteiger partial charge in [-0.05, 0) is 70.6 Å². The van der Waals surface area contributed by atoms with E-state index in [9.17, 15) is 19.1 Å². The van der Waals surface area contributed by atoms with E-state index in [1.54, 1.807) is 37.3 Å². The second kappa shape index (κ2) is 13.6. The quantitative estimate of drug-likeness (QED) is 0.129. The average Bonchev–Trinajstić information content (AvgIpc) is 3.24. The van der Waals surface area contributed by atoms with Gasteiger partial charge >= 0.3 is 5.69 Å². The molecule has 0 spiro atoms. The van der Waals surface area contributed by atoms with Crippen molar-refractivity contribution < 1.29 is 28.9 Å². The first-order valence-corrected chi connectivity index (χ1v) is 13.6. The number of aliphatic hydroxyl groups excluding tert-OH is 1. The number of nitrogens with zero attached hydrogens (tertiary/aromatic N) is 1. The van der Waals surface area contributed by atoms with E-state index in [1.165, 1.54) is 12.1 Å². The van der Waals surface area contributed by atoms with Crippen LogP contribution in [0.15, 0.2) is 77.6 Å². The zero-order valence-corrected chi connectivity index (χ0v) is 23.8. The number of hydrogen-bond donors (Lipinski definition) is 4. The number of nitrogens with one attached hydrogen (secondary N) is 2. The smallest absolute Gasteiger partial charge is 0.329 e. The Bertz CT molecular complexity index is 1490. The lowest BCUT2D eigenvalue weighted by atomic mass is 9.92. The van der Waals surface area contributed by atoms with Crippen molar-refractivity contribution in [3.8, 4) is 22.9 Å². The summed E-state index contributed by atoms with van der Waals surface area (Å²) >= 11 is 1.97. The Hall–Kier alpha value is -3.68. The molecule has 0 unspecified atom stereocenters. The van der Waals surface area contributed by atoms with E-state index in [0.717, 1.165) is 10.1 Å². The molecule has 40 heavy (non-hydrogen) atoms.